The van der Waals surface area contributed by atoms with E-state index < -0.39 is 5.97 Å². The fraction of sp³-hybridized carbons (Fsp3) is 0. The number of aromatic carboxylic acids is 1. The van der Waals surface area contributed by atoms with Gasteiger partial charge in [0.05, 0.1) is 5.56 Å². The maximum atomic E-state index is 10.8. The van der Waals surface area contributed by atoms with E-state index in [2.05, 4.69) is 0 Å². The first-order valence-corrected chi connectivity index (χ1v) is 4.80. The summed E-state index contributed by atoms with van der Waals surface area (Å²) < 4.78 is 0. The van der Waals surface area contributed by atoms with E-state index in [1.165, 1.54) is 18.2 Å². The first kappa shape index (κ1) is 14.4. The predicted octanol–water partition coefficient (Wildman–Crippen LogP) is 2.11. The molecule has 2 aromatic rings. The Hall–Kier alpha value is -0.654. The van der Waals surface area contributed by atoms with Gasteiger partial charge in [0.15, 0.2) is 0 Å². The van der Waals surface area contributed by atoms with Gasteiger partial charge in [0.1, 0.15) is 5.75 Å². The summed E-state index contributed by atoms with van der Waals surface area (Å²) in [5.41, 5.74) is 1.49. The zero-order valence-corrected chi connectivity index (χ0v) is 8.42. The van der Waals surface area contributed by atoms with Crippen molar-refractivity contribution in [2.75, 3.05) is 0 Å². The second-order valence-electron chi connectivity index (χ2n) is 3.40. The van der Waals surface area contributed by atoms with E-state index in [1.807, 2.05) is 30.3 Å². The van der Waals surface area contributed by atoms with E-state index in [4.69, 9.17) is 5.11 Å². The van der Waals surface area contributed by atoms with Gasteiger partial charge >= 0.3 is 57.4 Å². The predicted molar refractivity (Wildman–Crippen MR) is 67.7 cm³/mol. The molecule has 0 atom stereocenters. The Bertz CT molecular complexity index is 523. The monoisotopic (exact) mass is 254 g/mol. The number of aromatic hydroxyl groups is 1. The van der Waals surface area contributed by atoms with Crippen LogP contribution < -0.4 is 0 Å². The van der Waals surface area contributed by atoms with E-state index in [0.29, 0.717) is 5.56 Å². The molecule has 2 rings (SSSR count). The Labute approximate surface area is 142 Å². The molecule has 0 saturated heterocycles. The Morgan fingerprint density at radius 2 is 1.65 bits per heavy atom. The molecular weight excluding hydrogens is 243 g/mol. The minimum atomic E-state index is -1.00. The summed E-state index contributed by atoms with van der Waals surface area (Å²) in [5.74, 6) is -0.923. The molecular formula is C13H11KO3. The maximum absolute atomic E-state index is 10.8. The van der Waals surface area contributed by atoms with Crippen LogP contribution in [0.3, 0.4) is 0 Å². The van der Waals surface area contributed by atoms with Crippen molar-refractivity contribution >= 4 is 57.4 Å². The fourth-order valence-corrected chi connectivity index (χ4v) is 1.52. The Balaban J connectivity index is 0.00000144. The number of carboxylic acid groups (broad SMARTS) is 1. The average molecular weight is 254 g/mol. The molecule has 4 heteroatoms. The Morgan fingerprint density at radius 3 is 2.24 bits per heavy atom. The SMILES string of the molecule is O=C(O)c1ccc(O)c(-c2ccccc2)c1.[KH]. The number of rotatable bonds is 2. The third kappa shape index (κ3) is 3.40. The van der Waals surface area contributed by atoms with Gasteiger partial charge in [0.2, 0.25) is 0 Å². The molecule has 0 saturated carbocycles. The molecule has 0 bridgehead atoms. The van der Waals surface area contributed by atoms with Crippen LogP contribution in [0.1, 0.15) is 10.4 Å². The van der Waals surface area contributed by atoms with Crippen LogP contribution >= 0.6 is 0 Å². The van der Waals surface area contributed by atoms with Gasteiger partial charge in [0.25, 0.3) is 0 Å². The van der Waals surface area contributed by atoms with Gasteiger partial charge in [-0.3, -0.25) is 0 Å². The third-order valence-corrected chi connectivity index (χ3v) is 2.33. The van der Waals surface area contributed by atoms with Crippen molar-refractivity contribution in [1.82, 2.24) is 0 Å². The number of carbonyl (C=O) groups is 1. The number of hydrogen-bond acceptors (Lipinski definition) is 2. The molecule has 0 aliphatic carbocycles. The van der Waals surface area contributed by atoms with Crippen molar-refractivity contribution in [2.45, 2.75) is 0 Å². The standard InChI is InChI=1S/C13H10O3.K.H/c14-12-7-6-10(13(15)16)8-11(12)9-4-2-1-3-5-9;;/h1-8,14H,(H,15,16);;. The second-order valence-corrected chi connectivity index (χ2v) is 3.40. The van der Waals surface area contributed by atoms with Gasteiger partial charge in [-0.1, -0.05) is 30.3 Å². The molecule has 0 unspecified atom stereocenters. The molecule has 0 spiro atoms. The Morgan fingerprint density at radius 1 is 1.00 bits per heavy atom. The summed E-state index contributed by atoms with van der Waals surface area (Å²) in [4.78, 5) is 10.8. The summed E-state index contributed by atoms with van der Waals surface area (Å²) in [7, 11) is 0. The van der Waals surface area contributed by atoms with Crippen molar-refractivity contribution in [2.24, 2.45) is 0 Å². The van der Waals surface area contributed by atoms with E-state index >= 15 is 0 Å². The third-order valence-electron chi connectivity index (χ3n) is 2.33. The summed E-state index contributed by atoms with van der Waals surface area (Å²) in [6.45, 7) is 0. The summed E-state index contributed by atoms with van der Waals surface area (Å²) in [5, 5.41) is 18.5. The minimum absolute atomic E-state index is 0. The van der Waals surface area contributed by atoms with Crippen molar-refractivity contribution in [3.05, 3.63) is 54.1 Å². The van der Waals surface area contributed by atoms with Crippen molar-refractivity contribution in [3.63, 3.8) is 0 Å². The molecule has 2 N–H and O–H groups in total. The van der Waals surface area contributed by atoms with Gasteiger partial charge in [-0.15, -0.1) is 0 Å². The summed E-state index contributed by atoms with van der Waals surface area (Å²) >= 11 is 0. The number of benzene rings is 2. The molecule has 0 radical (unpaired) electrons. The van der Waals surface area contributed by atoms with E-state index in [9.17, 15) is 9.90 Å². The molecule has 0 aliphatic rings. The van der Waals surface area contributed by atoms with Crippen molar-refractivity contribution in [1.29, 1.82) is 0 Å². The van der Waals surface area contributed by atoms with Gasteiger partial charge in [-0.2, -0.15) is 0 Å². The van der Waals surface area contributed by atoms with Crippen LogP contribution in [0.5, 0.6) is 5.75 Å². The molecule has 82 valence electrons. The zero-order chi connectivity index (χ0) is 11.5. The molecule has 0 heterocycles. The molecule has 0 aromatic heterocycles. The second kappa shape index (κ2) is 6.33. The molecule has 0 aliphatic heterocycles. The molecule has 2 aromatic carbocycles. The number of carboxylic acids is 1. The first-order valence-electron chi connectivity index (χ1n) is 4.80. The fourth-order valence-electron chi connectivity index (χ4n) is 1.52. The van der Waals surface area contributed by atoms with Crippen LogP contribution in [-0.2, 0) is 0 Å². The summed E-state index contributed by atoms with van der Waals surface area (Å²) in [6, 6.07) is 13.4. The quantitative estimate of drug-likeness (QED) is 0.807. The van der Waals surface area contributed by atoms with Crippen LogP contribution in [0.2, 0.25) is 0 Å². The van der Waals surface area contributed by atoms with Crippen LogP contribution in [0.4, 0.5) is 0 Å². The van der Waals surface area contributed by atoms with Crippen molar-refractivity contribution < 1.29 is 15.0 Å². The van der Waals surface area contributed by atoms with E-state index in [-0.39, 0.29) is 62.7 Å². The van der Waals surface area contributed by atoms with Crippen LogP contribution in [0.15, 0.2) is 48.5 Å². The molecule has 3 nitrogen and oxygen atoms in total. The van der Waals surface area contributed by atoms with E-state index in [0.717, 1.165) is 5.56 Å². The van der Waals surface area contributed by atoms with Crippen LogP contribution in [-0.4, -0.2) is 67.6 Å². The molecule has 17 heavy (non-hydrogen) atoms. The van der Waals surface area contributed by atoms with Crippen LogP contribution in [0.25, 0.3) is 11.1 Å². The average Bonchev–Trinajstić information content (AvgIpc) is 2.30. The van der Waals surface area contributed by atoms with E-state index in [1.54, 1.807) is 0 Å². The summed E-state index contributed by atoms with van der Waals surface area (Å²) in [6.07, 6.45) is 0. The van der Waals surface area contributed by atoms with Gasteiger partial charge in [-0.05, 0) is 23.8 Å². The normalized spacial score (nSPS) is 9.41. The number of phenols is 1. The molecule has 0 amide bonds. The topological polar surface area (TPSA) is 57.5 Å². The zero-order valence-electron chi connectivity index (χ0n) is 8.42. The van der Waals surface area contributed by atoms with Gasteiger partial charge in [0, 0.05) is 5.56 Å². The van der Waals surface area contributed by atoms with Gasteiger partial charge in [-0.25, -0.2) is 4.79 Å². The van der Waals surface area contributed by atoms with Crippen LogP contribution in [0, 0.1) is 0 Å². The first-order chi connectivity index (χ1) is 7.68. The number of phenolic OH excluding ortho intramolecular Hbond substituents is 1. The molecule has 0 fully saturated rings. The number of hydrogen-bond donors (Lipinski definition) is 2. The van der Waals surface area contributed by atoms with Gasteiger partial charge < -0.3 is 10.2 Å². The Kier molecular flexibility index (Phi) is 5.36. The van der Waals surface area contributed by atoms with Crippen molar-refractivity contribution in [3.8, 4) is 16.9 Å².